The van der Waals surface area contributed by atoms with E-state index in [1.807, 2.05) is 12.1 Å². The Bertz CT molecular complexity index is 922. The highest BCUT2D eigenvalue weighted by molar-refractivity contribution is 6.20. The largest absolute Gasteiger partial charge is 0.508 e. The summed E-state index contributed by atoms with van der Waals surface area (Å²) in [5.41, 5.74) is 0. The third-order valence-corrected chi connectivity index (χ3v) is 3.71. The summed E-state index contributed by atoms with van der Waals surface area (Å²) in [6, 6.07) is 22.5. The van der Waals surface area contributed by atoms with Crippen LogP contribution in [0.15, 0.2) is 66.7 Å². The van der Waals surface area contributed by atoms with Crippen LogP contribution in [0.4, 0.5) is 0 Å². The van der Waals surface area contributed by atoms with Gasteiger partial charge in [-0.05, 0) is 44.5 Å². The number of phenols is 1. The zero-order valence-corrected chi connectivity index (χ0v) is 10.3. The first kappa shape index (κ1) is 10.4. The lowest BCUT2D eigenvalue weighted by Gasteiger charge is -2.08. The third kappa shape index (κ3) is 1.48. The van der Waals surface area contributed by atoms with Gasteiger partial charge in [-0.15, -0.1) is 0 Å². The van der Waals surface area contributed by atoms with Crippen LogP contribution in [0.5, 0.6) is 5.75 Å². The Labute approximate surface area is 110 Å². The summed E-state index contributed by atoms with van der Waals surface area (Å²) in [4.78, 5) is 0. The minimum atomic E-state index is 0.312. The van der Waals surface area contributed by atoms with Crippen molar-refractivity contribution in [3.05, 3.63) is 66.7 Å². The number of aromatic hydroxyl groups is 1. The summed E-state index contributed by atoms with van der Waals surface area (Å²) in [6.07, 6.45) is 0. The molecule has 0 unspecified atom stereocenters. The van der Waals surface area contributed by atoms with Crippen molar-refractivity contribution in [3.8, 4) is 5.75 Å². The van der Waals surface area contributed by atoms with Gasteiger partial charge in [0.15, 0.2) is 0 Å². The molecule has 4 aromatic rings. The Kier molecular flexibility index (Phi) is 2.04. The van der Waals surface area contributed by atoms with Crippen molar-refractivity contribution in [2.24, 2.45) is 0 Å². The Morgan fingerprint density at radius 3 is 2.16 bits per heavy atom. The second-order valence-corrected chi connectivity index (χ2v) is 4.86. The van der Waals surface area contributed by atoms with Crippen LogP contribution in [0.3, 0.4) is 0 Å². The van der Waals surface area contributed by atoms with E-state index >= 15 is 0 Å². The zero-order valence-electron chi connectivity index (χ0n) is 10.3. The van der Waals surface area contributed by atoms with Crippen LogP contribution in [0, 0.1) is 0 Å². The van der Waals surface area contributed by atoms with E-state index in [9.17, 15) is 5.11 Å². The molecule has 0 heterocycles. The summed E-state index contributed by atoms with van der Waals surface area (Å²) < 4.78 is 0. The van der Waals surface area contributed by atoms with Crippen molar-refractivity contribution < 1.29 is 5.11 Å². The first-order valence-corrected chi connectivity index (χ1v) is 6.36. The predicted octanol–water partition coefficient (Wildman–Crippen LogP) is 4.85. The molecule has 1 heteroatoms. The fourth-order valence-electron chi connectivity index (χ4n) is 2.82. The highest BCUT2D eigenvalue weighted by Gasteiger charge is 2.05. The Hall–Kier alpha value is -2.54. The monoisotopic (exact) mass is 244 g/mol. The van der Waals surface area contributed by atoms with E-state index in [1.54, 1.807) is 6.07 Å². The second kappa shape index (κ2) is 3.72. The maximum atomic E-state index is 9.62. The number of phenolic OH excluding ortho intramolecular Hbond substituents is 1. The Morgan fingerprint density at radius 2 is 1.26 bits per heavy atom. The average Bonchev–Trinajstić information content (AvgIpc) is 2.46. The second-order valence-electron chi connectivity index (χ2n) is 4.86. The first-order chi connectivity index (χ1) is 9.33. The Balaban J connectivity index is 2.33. The molecule has 1 N–H and O–H groups in total. The summed E-state index contributed by atoms with van der Waals surface area (Å²) >= 11 is 0. The summed E-state index contributed by atoms with van der Waals surface area (Å²) in [5.74, 6) is 0.312. The van der Waals surface area contributed by atoms with Crippen LogP contribution in [0.2, 0.25) is 0 Å². The van der Waals surface area contributed by atoms with Crippen molar-refractivity contribution in [1.82, 2.24) is 0 Å². The van der Waals surface area contributed by atoms with E-state index in [2.05, 4.69) is 48.5 Å². The SMILES string of the molecule is Oc1ccc2c(ccc3ccc4ccccc4c32)c1. The number of hydrogen-bond acceptors (Lipinski definition) is 1. The molecule has 0 atom stereocenters. The van der Waals surface area contributed by atoms with Crippen LogP contribution in [-0.4, -0.2) is 5.11 Å². The minimum Gasteiger partial charge on any atom is -0.508 e. The molecule has 0 bridgehead atoms. The first-order valence-electron chi connectivity index (χ1n) is 6.36. The topological polar surface area (TPSA) is 20.2 Å². The molecule has 0 aliphatic rings. The van der Waals surface area contributed by atoms with E-state index in [4.69, 9.17) is 0 Å². The van der Waals surface area contributed by atoms with Gasteiger partial charge < -0.3 is 5.11 Å². The molecule has 4 aromatic carbocycles. The average molecular weight is 244 g/mol. The van der Waals surface area contributed by atoms with E-state index in [0.717, 1.165) is 5.39 Å². The maximum absolute atomic E-state index is 9.62. The van der Waals surface area contributed by atoms with Gasteiger partial charge in [-0.2, -0.15) is 0 Å². The van der Waals surface area contributed by atoms with Gasteiger partial charge in [-0.25, -0.2) is 0 Å². The van der Waals surface area contributed by atoms with Crippen molar-refractivity contribution in [2.75, 3.05) is 0 Å². The van der Waals surface area contributed by atoms with Gasteiger partial charge in [0, 0.05) is 0 Å². The van der Waals surface area contributed by atoms with Gasteiger partial charge in [0.1, 0.15) is 5.75 Å². The molecule has 0 aliphatic heterocycles. The third-order valence-electron chi connectivity index (χ3n) is 3.71. The molecule has 0 fully saturated rings. The molecule has 0 saturated carbocycles. The molecule has 0 amide bonds. The van der Waals surface area contributed by atoms with Crippen molar-refractivity contribution >= 4 is 32.3 Å². The molecule has 0 aliphatic carbocycles. The van der Waals surface area contributed by atoms with E-state index in [0.29, 0.717) is 5.75 Å². The molecule has 0 aromatic heterocycles. The minimum absolute atomic E-state index is 0.312. The van der Waals surface area contributed by atoms with Crippen molar-refractivity contribution in [2.45, 2.75) is 0 Å². The van der Waals surface area contributed by atoms with Gasteiger partial charge in [0.05, 0.1) is 0 Å². The van der Waals surface area contributed by atoms with Gasteiger partial charge in [0.25, 0.3) is 0 Å². The van der Waals surface area contributed by atoms with Gasteiger partial charge >= 0.3 is 0 Å². The van der Waals surface area contributed by atoms with Crippen LogP contribution >= 0.6 is 0 Å². The predicted molar refractivity (Wildman–Crippen MR) is 80.6 cm³/mol. The molecular formula is C18H12O. The number of benzene rings is 4. The molecule has 90 valence electrons. The van der Waals surface area contributed by atoms with E-state index in [1.165, 1.54) is 26.9 Å². The lowest BCUT2D eigenvalue weighted by Crippen LogP contribution is -1.80. The van der Waals surface area contributed by atoms with Gasteiger partial charge in [0.2, 0.25) is 0 Å². The molecule has 4 rings (SSSR count). The van der Waals surface area contributed by atoms with Crippen molar-refractivity contribution in [1.29, 1.82) is 0 Å². The fraction of sp³-hybridized carbons (Fsp3) is 0. The number of rotatable bonds is 0. The quantitative estimate of drug-likeness (QED) is 0.438. The van der Waals surface area contributed by atoms with Crippen LogP contribution in [-0.2, 0) is 0 Å². The molecule has 19 heavy (non-hydrogen) atoms. The number of hydrogen-bond donors (Lipinski definition) is 1. The molecule has 0 spiro atoms. The zero-order chi connectivity index (χ0) is 12.8. The van der Waals surface area contributed by atoms with Crippen molar-refractivity contribution in [3.63, 3.8) is 0 Å². The van der Waals surface area contributed by atoms with Crippen LogP contribution < -0.4 is 0 Å². The van der Waals surface area contributed by atoms with Gasteiger partial charge in [-0.1, -0.05) is 54.6 Å². The smallest absolute Gasteiger partial charge is 0.116 e. The molecule has 0 radical (unpaired) electrons. The standard InChI is InChI=1S/C18H12O/c19-15-9-10-17-14(11-15)8-7-13-6-5-12-3-1-2-4-16(12)18(13)17/h1-11,19H. The highest BCUT2D eigenvalue weighted by Crippen LogP contribution is 2.33. The lowest BCUT2D eigenvalue weighted by atomic mass is 9.96. The highest BCUT2D eigenvalue weighted by atomic mass is 16.3. The molecule has 1 nitrogen and oxygen atoms in total. The van der Waals surface area contributed by atoms with Crippen LogP contribution in [0.25, 0.3) is 32.3 Å². The molecular weight excluding hydrogens is 232 g/mol. The fourth-order valence-corrected chi connectivity index (χ4v) is 2.82. The Morgan fingerprint density at radius 1 is 0.579 bits per heavy atom. The van der Waals surface area contributed by atoms with Crippen LogP contribution in [0.1, 0.15) is 0 Å². The normalized spacial score (nSPS) is 11.4. The number of fused-ring (bicyclic) bond motifs is 5. The van der Waals surface area contributed by atoms with E-state index in [-0.39, 0.29) is 0 Å². The summed E-state index contributed by atoms with van der Waals surface area (Å²) in [7, 11) is 0. The summed E-state index contributed by atoms with van der Waals surface area (Å²) in [6.45, 7) is 0. The summed E-state index contributed by atoms with van der Waals surface area (Å²) in [5, 5.41) is 16.9. The van der Waals surface area contributed by atoms with E-state index < -0.39 is 0 Å². The molecule has 0 saturated heterocycles. The maximum Gasteiger partial charge on any atom is 0.116 e. The lowest BCUT2D eigenvalue weighted by molar-refractivity contribution is 0.476. The van der Waals surface area contributed by atoms with Gasteiger partial charge in [-0.3, -0.25) is 0 Å².